The molecule has 0 bridgehead atoms. The number of piperazine rings is 1. The van der Waals surface area contributed by atoms with Crippen LogP contribution in [-0.2, 0) is 11.3 Å². The van der Waals surface area contributed by atoms with Gasteiger partial charge in [-0.15, -0.1) is 0 Å². The van der Waals surface area contributed by atoms with Gasteiger partial charge in [0.25, 0.3) is 5.91 Å². The van der Waals surface area contributed by atoms with Crippen LogP contribution in [0.2, 0.25) is 0 Å². The molecule has 8 heteroatoms. The van der Waals surface area contributed by atoms with E-state index in [4.69, 9.17) is 9.15 Å². The van der Waals surface area contributed by atoms with Crippen molar-refractivity contribution in [1.29, 1.82) is 0 Å². The van der Waals surface area contributed by atoms with Crippen molar-refractivity contribution in [2.75, 3.05) is 37.7 Å². The maximum absolute atomic E-state index is 12.3. The summed E-state index contributed by atoms with van der Waals surface area (Å²) in [6, 6.07) is 7.02. The molecule has 1 aliphatic rings. The lowest BCUT2D eigenvalue weighted by Gasteiger charge is -2.34. The number of hydrogen-bond acceptors (Lipinski definition) is 6. The van der Waals surface area contributed by atoms with E-state index in [2.05, 4.69) is 15.2 Å². The van der Waals surface area contributed by atoms with E-state index in [9.17, 15) is 9.59 Å². The van der Waals surface area contributed by atoms with Gasteiger partial charge in [-0.2, -0.15) is 0 Å². The molecule has 0 aliphatic carbocycles. The van der Waals surface area contributed by atoms with Gasteiger partial charge < -0.3 is 24.3 Å². The zero-order valence-electron chi connectivity index (χ0n) is 14.7. The van der Waals surface area contributed by atoms with Crippen LogP contribution in [0.4, 0.5) is 10.6 Å². The number of amides is 2. The molecule has 3 rings (SSSR count). The van der Waals surface area contributed by atoms with Crippen LogP contribution in [0, 0.1) is 0 Å². The number of pyridine rings is 1. The molecule has 1 saturated heterocycles. The predicted molar refractivity (Wildman–Crippen MR) is 94.9 cm³/mol. The van der Waals surface area contributed by atoms with Gasteiger partial charge in [-0.25, -0.2) is 9.78 Å². The van der Waals surface area contributed by atoms with Crippen LogP contribution in [0.3, 0.4) is 0 Å². The van der Waals surface area contributed by atoms with Gasteiger partial charge in [0, 0.05) is 37.9 Å². The Balaban J connectivity index is 1.57. The predicted octanol–water partition coefficient (Wildman–Crippen LogP) is 1.88. The van der Waals surface area contributed by atoms with Crippen LogP contribution in [0.5, 0.6) is 0 Å². The average molecular weight is 358 g/mol. The zero-order valence-corrected chi connectivity index (χ0v) is 14.7. The summed E-state index contributed by atoms with van der Waals surface area (Å²) in [4.78, 5) is 32.2. The van der Waals surface area contributed by atoms with E-state index in [1.165, 1.54) is 0 Å². The van der Waals surface area contributed by atoms with Gasteiger partial charge in [0.2, 0.25) is 0 Å². The van der Waals surface area contributed by atoms with Crippen LogP contribution in [0.15, 0.2) is 41.1 Å². The summed E-state index contributed by atoms with van der Waals surface area (Å²) in [5.41, 5.74) is 0.536. The van der Waals surface area contributed by atoms with Crippen LogP contribution < -0.4 is 10.2 Å². The molecule has 0 aromatic carbocycles. The number of furan rings is 1. The Morgan fingerprint density at radius 1 is 1.27 bits per heavy atom. The second kappa shape index (κ2) is 8.37. The highest BCUT2D eigenvalue weighted by atomic mass is 16.6. The normalized spacial score (nSPS) is 14.2. The van der Waals surface area contributed by atoms with Crippen molar-refractivity contribution in [2.24, 2.45) is 0 Å². The maximum atomic E-state index is 12.3. The molecule has 0 unspecified atom stereocenters. The third kappa shape index (κ3) is 4.33. The molecule has 1 aliphatic heterocycles. The molecule has 0 saturated carbocycles. The van der Waals surface area contributed by atoms with E-state index in [0.29, 0.717) is 50.7 Å². The molecule has 1 fully saturated rings. The van der Waals surface area contributed by atoms with E-state index in [1.54, 1.807) is 48.5 Å². The molecule has 2 aromatic rings. The third-order valence-corrected chi connectivity index (χ3v) is 4.14. The summed E-state index contributed by atoms with van der Waals surface area (Å²) in [7, 11) is 0. The lowest BCUT2D eigenvalue weighted by atomic mass is 10.2. The van der Waals surface area contributed by atoms with Crippen molar-refractivity contribution in [1.82, 2.24) is 15.2 Å². The molecule has 0 atom stereocenters. The molecule has 2 amide bonds. The standard InChI is InChI=1S/C18H22N4O4/c1-2-25-18(24)22-9-7-21(8-10-22)16-12-14(5-6-19-16)17(23)20-13-15-4-3-11-26-15/h3-6,11-12H,2,7-10,13H2,1H3,(H,20,23). The second-order valence-corrected chi connectivity index (χ2v) is 5.84. The van der Waals surface area contributed by atoms with E-state index in [-0.39, 0.29) is 12.0 Å². The highest BCUT2D eigenvalue weighted by Crippen LogP contribution is 2.16. The number of carbonyl (C=O) groups is 2. The molecule has 1 N–H and O–H groups in total. The first-order chi connectivity index (χ1) is 12.7. The Labute approximate surface area is 151 Å². The highest BCUT2D eigenvalue weighted by molar-refractivity contribution is 5.94. The van der Waals surface area contributed by atoms with Gasteiger partial charge in [-0.05, 0) is 31.2 Å². The maximum Gasteiger partial charge on any atom is 0.409 e. The fraction of sp³-hybridized carbons (Fsp3) is 0.389. The molecule has 2 aromatic heterocycles. The molecule has 0 spiro atoms. The van der Waals surface area contributed by atoms with Gasteiger partial charge in [0.1, 0.15) is 11.6 Å². The van der Waals surface area contributed by atoms with E-state index < -0.39 is 0 Å². The molecular weight excluding hydrogens is 336 g/mol. The number of nitrogens with one attached hydrogen (secondary N) is 1. The number of nitrogens with zero attached hydrogens (tertiary/aromatic N) is 3. The van der Waals surface area contributed by atoms with Crippen molar-refractivity contribution < 1.29 is 18.7 Å². The average Bonchev–Trinajstić information content (AvgIpc) is 3.20. The van der Waals surface area contributed by atoms with Gasteiger partial charge in [-0.1, -0.05) is 0 Å². The van der Waals surface area contributed by atoms with Crippen molar-refractivity contribution in [3.63, 3.8) is 0 Å². The van der Waals surface area contributed by atoms with Crippen LogP contribution in [-0.4, -0.2) is 54.7 Å². The van der Waals surface area contributed by atoms with Crippen molar-refractivity contribution in [2.45, 2.75) is 13.5 Å². The number of anilines is 1. The SMILES string of the molecule is CCOC(=O)N1CCN(c2cc(C(=O)NCc3ccco3)ccn2)CC1. The van der Waals surface area contributed by atoms with Crippen molar-refractivity contribution in [3.05, 3.63) is 48.0 Å². The smallest absolute Gasteiger partial charge is 0.409 e. The Hall–Kier alpha value is -3.03. The number of aromatic nitrogens is 1. The Morgan fingerprint density at radius 2 is 2.08 bits per heavy atom. The lowest BCUT2D eigenvalue weighted by molar-refractivity contribution is 0.0947. The first-order valence-corrected chi connectivity index (χ1v) is 8.60. The minimum atomic E-state index is -0.286. The minimum Gasteiger partial charge on any atom is -0.467 e. The van der Waals surface area contributed by atoms with E-state index >= 15 is 0 Å². The Bertz CT molecular complexity index is 739. The summed E-state index contributed by atoms with van der Waals surface area (Å²) < 4.78 is 10.2. The Kier molecular flexibility index (Phi) is 5.73. The molecule has 26 heavy (non-hydrogen) atoms. The largest absolute Gasteiger partial charge is 0.467 e. The monoisotopic (exact) mass is 358 g/mol. The van der Waals surface area contributed by atoms with E-state index in [0.717, 1.165) is 5.82 Å². The van der Waals surface area contributed by atoms with Crippen LogP contribution in [0.1, 0.15) is 23.0 Å². The first-order valence-electron chi connectivity index (χ1n) is 8.60. The van der Waals surface area contributed by atoms with Crippen molar-refractivity contribution in [3.8, 4) is 0 Å². The molecule has 3 heterocycles. The Morgan fingerprint density at radius 3 is 2.77 bits per heavy atom. The summed E-state index contributed by atoms with van der Waals surface area (Å²) in [6.07, 6.45) is 2.91. The topological polar surface area (TPSA) is 87.9 Å². The van der Waals surface area contributed by atoms with Gasteiger partial charge >= 0.3 is 6.09 Å². The fourth-order valence-corrected chi connectivity index (χ4v) is 2.75. The highest BCUT2D eigenvalue weighted by Gasteiger charge is 2.23. The second-order valence-electron chi connectivity index (χ2n) is 5.84. The number of carbonyl (C=O) groups excluding carboxylic acids is 2. The van der Waals surface area contributed by atoms with Gasteiger partial charge in [0.05, 0.1) is 19.4 Å². The molecule has 8 nitrogen and oxygen atoms in total. The quantitative estimate of drug-likeness (QED) is 0.878. The summed E-state index contributed by atoms with van der Waals surface area (Å²) in [5, 5.41) is 2.82. The van der Waals surface area contributed by atoms with Crippen molar-refractivity contribution >= 4 is 17.8 Å². The van der Waals surface area contributed by atoms with Gasteiger partial charge in [0.15, 0.2) is 0 Å². The lowest BCUT2D eigenvalue weighted by Crippen LogP contribution is -2.49. The number of rotatable bonds is 5. The summed E-state index contributed by atoms with van der Waals surface area (Å²) in [5.74, 6) is 1.23. The van der Waals surface area contributed by atoms with Crippen LogP contribution >= 0.6 is 0 Å². The summed E-state index contributed by atoms with van der Waals surface area (Å²) >= 11 is 0. The zero-order chi connectivity index (χ0) is 18.4. The summed E-state index contributed by atoms with van der Waals surface area (Å²) in [6.45, 7) is 4.91. The first kappa shape index (κ1) is 17.8. The van der Waals surface area contributed by atoms with E-state index in [1.807, 2.05) is 0 Å². The number of hydrogen-bond donors (Lipinski definition) is 1. The third-order valence-electron chi connectivity index (χ3n) is 4.14. The molecule has 138 valence electrons. The minimum absolute atomic E-state index is 0.185. The van der Waals surface area contributed by atoms with Crippen LogP contribution in [0.25, 0.3) is 0 Å². The molecule has 0 radical (unpaired) electrons. The fourth-order valence-electron chi connectivity index (χ4n) is 2.75. The number of ether oxygens (including phenoxy) is 1. The van der Waals surface area contributed by atoms with Gasteiger partial charge in [-0.3, -0.25) is 4.79 Å². The molecular formula is C18H22N4O4.